The number of benzene rings is 1. The number of carbonyl (C=O) groups excluding carboxylic acids is 1. The molecule has 2 saturated heterocycles. The summed E-state index contributed by atoms with van der Waals surface area (Å²) in [5.41, 5.74) is 3.70. The Labute approximate surface area is 251 Å². The fraction of sp³-hybridized carbons (Fsp3) is 0.375. The molecule has 6 rings (SSSR count). The number of hydrogen-bond acceptors (Lipinski definition) is 11. The molecule has 5 heterocycles. The summed E-state index contributed by atoms with van der Waals surface area (Å²) in [6.07, 6.45) is 7.17. The number of piperidine rings is 2. The van der Waals surface area contributed by atoms with Gasteiger partial charge >= 0.3 is 5.97 Å². The van der Waals surface area contributed by atoms with E-state index in [9.17, 15) is 4.79 Å². The molecule has 0 spiro atoms. The molecule has 2 aliphatic rings. The van der Waals surface area contributed by atoms with Crippen molar-refractivity contribution in [3.63, 3.8) is 0 Å². The van der Waals surface area contributed by atoms with E-state index < -0.39 is 0 Å². The topological polar surface area (TPSA) is 130 Å². The minimum Gasteiger partial charge on any atom is -0.462 e. The number of anilines is 4. The lowest BCUT2D eigenvalue weighted by Crippen LogP contribution is -2.41. The van der Waals surface area contributed by atoms with Crippen molar-refractivity contribution in [3.05, 3.63) is 78.2 Å². The number of rotatable bonds is 9. The molecule has 1 unspecified atom stereocenters. The van der Waals surface area contributed by atoms with Crippen molar-refractivity contribution in [1.29, 1.82) is 0 Å². The van der Waals surface area contributed by atoms with Crippen LogP contribution in [0.15, 0.2) is 67.0 Å². The molecule has 43 heavy (non-hydrogen) atoms. The van der Waals surface area contributed by atoms with Gasteiger partial charge in [0, 0.05) is 36.9 Å². The predicted molar refractivity (Wildman–Crippen MR) is 165 cm³/mol. The van der Waals surface area contributed by atoms with E-state index in [2.05, 4.69) is 57.9 Å². The largest absolute Gasteiger partial charge is 0.462 e. The maximum absolute atomic E-state index is 12.8. The Morgan fingerprint density at radius 3 is 2.53 bits per heavy atom. The Bertz CT molecular complexity index is 1530. The lowest BCUT2D eigenvalue weighted by atomic mass is 9.97. The minimum atomic E-state index is -0.0456. The second-order valence-corrected chi connectivity index (χ2v) is 11.1. The third kappa shape index (κ3) is 7.88. The Hall–Kier alpha value is -4.48. The van der Waals surface area contributed by atoms with Crippen LogP contribution in [0.2, 0.25) is 0 Å². The number of nitrogens with one attached hydrogen (secondary N) is 3. The van der Waals surface area contributed by atoms with E-state index in [4.69, 9.17) is 4.74 Å². The Balaban J connectivity index is 1.03. The van der Waals surface area contributed by atoms with E-state index in [0.717, 1.165) is 69.8 Å². The molecule has 0 aliphatic carbocycles. The molecule has 2 aliphatic heterocycles. The highest BCUT2D eigenvalue weighted by Crippen LogP contribution is 2.23. The molecule has 1 atom stereocenters. The molecule has 0 radical (unpaired) electrons. The number of hydrogen-bond donors (Lipinski definition) is 3. The third-order valence-corrected chi connectivity index (χ3v) is 7.71. The number of ether oxygens (including phenoxy) is 1. The van der Waals surface area contributed by atoms with E-state index in [1.165, 1.54) is 5.56 Å². The van der Waals surface area contributed by atoms with Crippen LogP contribution in [0.3, 0.4) is 0 Å². The summed E-state index contributed by atoms with van der Waals surface area (Å²) in [6, 6.07) is 17.6. The summed E-state index contributed by atoms with van der Waals surface area (Å²) in [4.78, 5) is 37.6. The van der Waals surface area contributed by atoms with Gasteiger partial charge < -0.3 is 20.7 Å². The SMILES string of the molecule is Cc1cccc(-c2nccc(Nc3ccnc(Nc4ccc(CN5CCCC(C(=O)OC6CCNCC6)C5)cc4)n3)n2)n1. The van der Waals surface area contributed by atoms with Gasteiger partial charge in [-0.3, -0.25) is 9.69 Å². The van der Waals surface area contributed by atoms with Gasteiger partial charge in [0.15, 0.2) is 5.82 Å². The molecule has 0 saturated carbocycles. The monoisotopic (exact) mass is 579 g/mol. The second kappa shape index (κ2) is 13.7. The minimum absolute atomic E-state index is 0.0312. The average Bonchev–Trinajstić information content (AvgIpc) is 3.03. The number of nitrogens with zero attached hydrogens (tertiary/aromatic N) is 6. The smallest absolute Gasteiger partial charge is 0.310 e. The molecule has 11 heteroatoms. The Kier molecular flexibility index (Phi) is 9.10. The van der Waals surface area contributed by atoms with Gasteiger partial charge in [-0.1, -0.05) is 18.2 Å². The first-order chi connectivity index (χ1) is 21.1. The summed E-state index contributed by atoms with van der Waals surface area (Å²) in [5.74, 6) is 2.15. The first-order valence-electron chi connectivity index (χ1n) is 14.9. The predicted octanol–water partition coefficient (Wildman–Crippen LogP) is 4.63. The highest BCUT2D eigenvalue weighted by Gasteiger charge is 2.29. The Morgan fingerprint density at radius 1 is 0.930 bits per heavy atom. The molecule has 3 N–H and O–H groups in total. The van der Waals surface area contributed by atoms with Crippen molar-refractivity contribution in [2.45, 2.75) is 45.3 Å². The highest BCUT2D eigenvalue weighted by atomic mass is 16.5. The van der Waals surface area contributed by atoms with Gasteiger partial charge in [-0.05, 0) is 94.2 Å². The van der Waals surface area contributed by atoms with Crippen LogP contribution in [-0.2, 0) is 16.1 Å². The van der Waals surface area contributed by atoms with E-state index in [1.807, 2.05) is 37.3 Å². The zero-order chi connectivity index (χ0) is 29.4. The van der Waals surface area contributed by atoms with Gasteiger partial charge in [-0.15, -0.1) is 0 Å². The van der Waals surface area contributed by atoms with E-state index in [1.54, 1.807) is 24.5 Å². The number of esters is 1. The molecule has 0 amide bonds. The van der Waals surface area contributed by atoms with Gasteiger partial charge in [0.05, 0.1) is 5.92 Å². The normalized spacial score (nSPS) is 17.7. The van der Waals surface area contributed by atoms with Gasteiger partial charge in [0.1, 0.15) is 23.4 Å². The van der Waals surface area contributed by atoms with E-state index >= 15 is 0 Å². The van der Waals surface area contributed by atoms with Crippen LogP contribution in [0.25, 0.3) is 11.5 Å². The van der Waals surface area contributed by atoms with Gasteiger partial charge in [-0.2, -0.15) is 4.98 Å². The van der Waals surface area contributed by atoms with Crippen molar-refractivity contribution < 1.29 is 9.53 Å². The van der Waals surface area contributed by atoms with Gasteiger partial charge in [-0.25, -0.2) is 19.9 Å². The first kappa shape index (κ1) is 28.6. The van der Waals surface area contributed by atoms with Crippen LogP contribution in [0.5, 0.6) is 0 Å². The van der Waals surface area contributed by atoms with Crippen LogP contribution in [-0.4, -0.2) is 68.1 Å². The molecule has 222 valence electrons. The number of likely N-dealkylation sites (tertiary alicyclic amines) is 1. The fourth-order valence-electron chi connectivity index (χ4n) is 5.49. The van der Waals surface area contributed by atoms with Gasteiger partial charge in [0.25, 0.3) is 0 Å². The average molecular weight is 580 g/mol. The molecule has 11 nitrogen and oxygen atoms in total. The summed E-state index contributed by atoms with van der Waals surface area (Å²) < 4.78 is 5.83. The standard InChI is InChI=1S/C32H37N9O2/c1-22-4-2-6-27(36-22)30-34-17-13-28(39-30)38-29-14-18-35-32(40-29)37-25-9-7-23(8-10-25)20-41-19-3-5-24(21-41)31(42)43-26-11-15-33-16-12-26/h2,4,6-10,13-14,17-18,24,26,33H,3,5,11-12,15-16,19-21H2,1H3,(H2,34,35,37,38,39,40). The number of aryl methyl sites for hydroxylation is 1. The summed E-state index contributed by atoms with van der Waals surface area (Å²) in [5, 5.41) is 9.83. The van der Waals surface area contributed by atoms with Crippen molar-refractivity contribution >= 4 is 29.2 Å². The van der Waals surface area contributed by atoms with Crippen molar-refractivity contribution in [2.75, 3.05) is 36.8 Å². The lowest BCUT2D eigenvalue weighted by Gasteiger charge is -2.33. The van der Waals surface area contributed by atoms with Crippen LogP contribution in [0.4, 0.5) is 23.3 Å². The zero-order valence-electron chi connectivity index (χ0n) is 24.4. The molecule has 0 bridgehead atoms. The van der Waals surface area contributed by atoms with Crippen molar-refractivity contribution in [3.8, 4) is 11.5 Å². The molecule has 4 aromatic rings. The van der Waals surface area contributed by atoms with Crippen LogP contribution in [0, 0.1) is 12.8 Å². The first-order valence-corrected chi connectivity index (χ1v) is 14.9. The molecule has 2 fully saturated rings. The van der Waals surface area contributed by atoms with Crippen LogP contribution < -0.4 is 16.0 Å². The Morgan fingerprint density at radius 2 is 1.72 bits per heavy atom. The van der Waals surface area contributed by atoms with Gasteiger partial charge in [0.2, 0.25) is 5.95 Å². The van der Waals surface area contributed by atoms with Crippen molar-refractivity contribution in [2.24, 2.45) is 5.92 Å². The fourth-order valence-corrected chi connectivity index (χ4v) is 5.49. The lowest BCUT2D eigenvalue weighted by molar-refractivity contribution is -0.157. The summed E-state index contributed by atoms with van der Waals surface area (Å²) in [6.45, 7) is 6.31. The highest BCUT2D eigenvalue weighted by molar-refractivity contribution is 5.73. The van der Waals surface area contributed by atoms with E-state index in [0.29, 0.717) is 29.1 Å². The molecular formula is C32H37N9O2. The zero-order valence-corrected chi connectivity index (χ0v) is 24.4. The molecule has 1 aromatic carbocycles. The van der Waals surface area contributed by atoms with E-state index in [-0.39, 0.29) is 18.0 Å². The number of aromatic nitrogens is 5. The molecule has 3 aromatic heterocycles. The summed E-state index contributed by atoms with van der Waals surface area (Å²) in [7, 11) is 0. The summed E-state index contributed by atoms with van der Waals surface area (Å²) >= 11 is 0. The number of carbonyl (C=O) groups is 1. The van der Waals surface area contributed by atoms with Crippen molar-refractivity contribution in [1.82, 2.24) is 35.1 Å². The maximum Gasteiger partial charge on any atom is 0.310 e. The third-order valence-electron chi connectivity index (χ3n) is 7.71. The molecular weight excluding hydrogens is 542 g/mol. The number of pyridine rings is 1. The maximum atomic E-state index is 12.8. The van der Waals surface area contributed by atoms with Crippen LogP contribution in [0.1, 0.15) is 36.9 Å². The van der Waals surface area contributed by atoms with Crippen LogP contribution >= 0.6 is 0 Å². The second-order valence-electron chi connectivity index (χ2n) is 11.1. The quantitative estimate of drug-likeness (QED) is 0.240.